The van der Waals surface area contributed by atoms with Crippen LogP contribution in [0.1, 0.15) is 24.3 Å². The Kier molecular flexibility index (Phi) is 6.41. The Bertz CT molecular complexity index is 1260. The minimum Gasteiger partial charge on any atom is -0.493 e. The van der Waals surface area contributed by atoms with Crippen LogP contribution < -0.4 is 14.8 Å². The molecule has 12 heteroatoms. The topological polar surface area (TPSA) is 124 Å². The fourth-order valence-corrected chi connectivity index (χ4v) is 6.57. The van der Waals surface area contributed by atoms with Gasteiger partial charge in [-0.3, -0.25) is 4.79 Å². The number of amides is 1. The van der Waals surface area contributed by atoms with Crippen molar-refractivity contribution in [3.8, 4) is 22.8 Å². The Morgan fingerprint density at radius 2 is 2.00 bits per heavy atom. The molecule has 4 rings (SSSR count). The van der Waals surface area contributed by atoms with E-state index in [1.807, 2.05) is 11.4 Å². The summed E-state index contributed by atoms with van der Waals surface area (Å²) < 4.78 is 43.3. The van der Waals surface area contributed by atoms with Gasteiger partial charge < -0.3 is 19.3 Å². The van der Waals surface area contributed by atoms with E-state index in [0.29, 0.717) is 35.2 Å². The first-order valence-electron chi connectivity index (χ1n) is 10.2. The second kappa shape index (κ2) is 9.12. The molecule has 1 saturated heterocycles. The van der Waals surface area contributed by atoms with Crippen LogP contribution in [-0.4, -0.2) is 55.6 Å². The molecule has 1 amide bonds. The smallest absolute Gasteiger partial charge is 0.249 e. The summed E-state index contributed by atoms with van der Waals surface area (Å²) in [5.74, 6) is 0.958. The number of nitrogens with zero attached hydrogens (tertiary/aromatic N) is 3. The molecule has 1 atom stereocenters. The summed E-state index contributed by atoms with van der Waals surface area (Å²) in [7, 11) is -0.806. The summed E-state index contributed by atoms with van der Waals surface area (Å²) in [6, 6.07) is 4.59. The molecular formula is C21H24N4O6S2. The maximum Gasteiger partial charge on any atom is 0.249 e. The van der Waals surface area contributed by atoms with Crippen LogP contribution in [-0.2, 0) is 14.8 Å². The zero-order valence-electron chi connectivity index (χ0n) is 18.6. The number of thiazole rings is 1. The van der Waals surface area contributed by atoms with E-state index in [9.17, 15) is 13.2 Å². The Morgan fingerprint density at radius 1 is 1.24 bits per heavy atom. The fraction of sp³-hybridized carbons (Fsp3) is 0.381. The molecule has 10 nitrogen and oxygen atoms in total. The van der Waals surface area contributed by atoms with Gasteiger partial charge in [-0.25, -0.2) is 13.4 Å². The van der Waals surface area contributed by atoms with Crippen LogP contribution in [0.5, 0.6) is 11.5 Å². The highest BCUT2D eigenvalue weighted by molar-refractivity contribution is 7.89. The zero-order chi connectivity index (χ0) is 23.8. The van der Waals surface area contributed by atoms with Crippen molar-refractivity contribution in [2.75, 3.05) is 26.1 Å². The van der Waals surface area contributed by atoms with Gasteiger partial charge in [0.2, 0.25) is 15.9 Å². The van der Waals surface area contributed by atoms with Gasteiger partial charge in [-0.1, -0.05) is 5.16 Å². The Labute approximate surface area is 195 Å². The van der Waals surface area contributed by atoms with Crippen molar-refractivity contribution in [1.29, 1.82) is 0 Å². The van der Waals surface area contributed by atoms with Crippen LogP contribution in [0, 0.1) is 13.8 Å². The summed E-state index contributed by atoms with van der Waals surface area (Å²) in [5.41, 5.74) is 1.73. The Balaban J connectivity index is 1.53. The quantitative estimate of drug-likeness (QED) is 0.533. The van der Waals surface area contributed by atoms with Gasteiger partial charge in [-0.2, -0.15) is 4.31 Å². The average Bonchev–Trinajstić information content (AvgIpc) is 3.53. The van der Waals surface area contributed by atoms with Gasteiger partial charge in [-0.15, -0.1) is 11.3 Å². The van der Waals surface area contributed by atoms with Crippen molar-refractivity contribution in [3.63, 3.8) is 0 Å². The lowest BCUT2D eigenvalue weighted by Gasteiger charge is -2.22. The number of methoxy groups -OCH3 is 2. The van der Waals surface area contributed by atoms with Crippen molar-refractivity contribution in [3.05, 3.63) is 35.0 Å². The van der Waals surface area contributed by atoms with Crippen molar-refractivity contribution in [2.45, 2.75) is 37.6 Å². The SMILES string of the molecule is COc1ccc(-c2csc(NC(=O)[C@@H]3CCCN3S(=O)(=O)c3c(C)noc3C)n2)cc1OC. The normalized spacial score (nSPS) is 16.7. The van der Waals surface area contributed by atoms with E-state index in [1.54, 1.807) is 40.2 Å². The maximum absolute atomic E-state index is 13.2. The first kappa shape index (κ1) is 23.2. The first-order valence-corrected chi connectivity index (χ1v) is 12.5. The molecule has 0 saturated carbocycles. The predicted octanol–water partition coefficient (Wildman–Crippen LogP) is 3.22. The predicted molar refractivity (Wildman–Crippen MR) is 122 cm³/mol. The van der Waals surface area contributed by atoms with Crippen LogP contribution >= 0.6 is 11.3 Å². The summed E-state index contributed by atoms with van der Waals surface area (Å²) in [6.45, 7) is 3.36. The number of carbonyl (C=O) groups is 1. The van der Waals surface area contributed by atoms with E-state index in [1.165, 1.54) is 15.6 Å². The third-order valence-electron chi connectivity index (χ3n) is 5.45. The highest BCUT2D eigenvalue weighted by atomic mass is 32.2. The average molecular weight is 493 g/mol. The highest BCUT2D eigenvalue weighted by Crippen LogP contribution is 2.34. The number of aryl methyl sites for hydroxylation is 2. The van der Waals surface area contributed by atoms with Gasteiger partial charge in [0.15, 0.2) is 22.4 Å². The molecule has 3 heterocycles. The molecule has 33 heavy (non-hydrogen) atoms. The van der Waals surface area contributed by atoms with Crippen molar-refractivity contribution in [1.82, 2.24) is 14.4 Å². The lowest BCUT2D eigenvalue weighted by Crippen LogP contribution is -2.43. The van der Waals surface area contributed by atoms with E-state index in [4.69, 9.17) is 14.0 Å². The van der Waals surface area contributed by atoms with Gasteiger partial charge in [0, 0.05) is 17.5 Å². The number of hydrogen-bond acceptors (Lipinski definition) is 9. The van der Waals surface area contributed by atoms with Gasteiger partial charge >= 0.3 is 0 Å². The molecule has 1 aliphatic rings. The second-order valence-corrected chi connectivity index (χ2v) is 10.2. The minimum absolute atomic E-state index is 0.0205. The summed E-state index contributed by atoms with van der Waals surface area (Å²) in [4.78, 5) is 17.5. The van der Waals surface area contributed by atoms with Crippen LogP contribution in [0.4, 0.5) is 5.13 Å². The van der Waals surface area contributed by atoms with Crippen LogP contribution in [0.3, 0.4) is 0 Å². The molecule has 3 aromatic rings. The molecular weight excluding hydrogens is 468 g/mol. The third-order valence-corrected chi connectivity index (χ3v) is 8.37. The molecule has 176 valence electrons. The lowest BCUT2D eigenvalue weighted by molar-refractivity contribution is -0.119. The third kappa shape index (κ3) is 4.33. The molecule has 0 radical (unpaired) electrons. The zero-order valence-corrected chi connectivity index (χ0v) is 20.2. The maximum atomic E-state index is 13.2. The van der Waals surface area contributed by atoms with Crippen LogP contribution in [0.15, 0.2) is 33.0 Å². The van der Waals surface area contributed by atoms with E-state index in [-0.39, 0.29) is 22.9 Å². The summed E-state index contributed by atoms with van der Waals surface area (Å²) >= 11 is 1.26. The Hall–Kier alpha value is -2.96. The van der Waals surface area contributed by atoms with Gasteiger partial charge in [0.05, 0.1) is 19.9 Å². The number of ether oxygens (including phenoxy) is 2. The number of hydrogen-bond donors (Lipinski definition) is 1. The van der Waals surface area contributed by atoms with E-state index in [0.717, 1.165) is 5.56 Å². The van der Waals surface area contributed by atoms with Crippen LogP contribution in [0.25, 0.3) is 11.3 Å². The highest BCUT2D eigenvalue weighted by Gasteiger charge is 2.42. The Morgan fingerprint density at radius 3 is 2.67 bits per heavy atom. The first-order chi connectivity index (χ1) is 15.8. The minimum atomic E-state index is -3.92. The molecule has 1 aromatic carbocycles. The van der Waals surface area contributed by atoms with Crippen molar-refractivity contribution >= 4 is 32.4 Å². The van der Waals surface area contributed by atoms with Gasteiger partial charge in [0.25, 0.3) is 0 Å². The van der Waals surface area contributed by atoms with Crippen molar-refractivity contribution in [2.24, 2.45) is 0 Å². The standard InChI is InChI=1S/C21H24N4O6S2/c1-12-19(13(2)31-24-12)33(27,28)25-9-5-6-16(25)20(26)23-21-22-15(11-32-21)14-7-8-17(29-3)18(10-14)30-4/h7-8,10-11,16H,5-6,9H2,1-4H3,(H,22,23,26)/t16-/m0/s1. The number of anilines is 1. The van der Waals surface area contributed by atoms with Crippen molar-refractivity contribution < 1.29 is 27.2 Å². The monoisotopic (exact) mass is 492 g/mol. The lowest BCUT2D eigenvalue weighted by atomic mass is 10.1. The van der Waals surface area contributed by atoms with E-state index >= 15 is 0 Å². The molecule has 0 bridgehead atoms. The number of carbonyl (C=O) groups excluding carboxylic acids is 1. The molecule has 1 N–H and O–H groups in total. The number of nitrogens with one attached hydrogen (secondary N) is 1. The number of rotatable bonds is 7. The van der Waals surface area contributed by atoms with Gasteiger partial charge in [-0.05, 0) is 44.9 Å². The van der Waals surface area contributed by atoms with Crippen LogP contribution in [0.2, 0.25) is 0 Å². The largest absolute Gasteiger partial charge is 0.493 e. The fourth-order valence-electron chi connectivity index (χ4n) is 3.90. The molecule has 2 aromatic heterocycles. The molecule has 1 aliphatic heterocycles. The number of sulfonamides is 1. The molecule has 0 unspecified atom stereocenters. The summed E-state index contributed by atoms with van der Waals surface area (Å²) in [6.07, 6.45) is 0.998. The number of aromatic nitrogens is 2. The van der Waals surface area contributed by atoms with E-state index < -0.39 is 22.0 Å². The van der Waals surface area contributed by atoms with Gasteiger partial charge in [0.1, 0.15) is 16.6 Å². The summed E-state index contributed by atoms with van der Waals surface area (Å²) in [5, 5.41) is 8.70. The van der Waals surface area contributed by atoms with E-state index in [2.05, 4.69) is 15.5 Å². The molecule has 0 aliphatic carbocycles. The molecule has 0 spiro atoms. The molecule has 1 fully saturated rings. The number of benzene rings is 1. The second-order valence-electron chi connectivity index (χ2n) is 7.52.